The molecule has 2 atom stereocenters. The minimum absolute atomic E-state index is 0.0358. The summed E-state index contributed by atoms with van der Waals surface area (Å²) < 4.78 is 26.1. The lowest BCUT2D eigenvalue weighted by atomic mass is 9.95. The van der Waals surface area contributed by atoms with Gasteiger partial charge in [0.25, 0.3) is 0 Å². The zero-order chi connectivity index (χ0) is 18.4. The van der Waals surface area contributed by atoms with Crippen LogP contribution in [0.25, 0.3) is 11.1 Å². The summed E-state index contributed by atoms with van der Waals surface area (Å²) in [4.78, 5) is 10.9. The van der Waals surface area contributed by atoms with E-state index in [0.29, 0.717) is 11.4 Å². The van der Waals surface area contributed by atoms with E-state index in [2.05, 4.69) is 20.9 Å². The zero-order valence-electron chi connectivity index (χ0n) is 14.7. The molecule has 6 heteroatoms. The maximum Gasteiger partial charge on any atom is 0.183 e. The Kier molecular flexibility index (Phi) is 3.84. The molecule has 5 rings (SSSR count). The smallest absolute Gasteiger partial charge is 0.183 e. The summed E-state index contributed by atoms with van der Waals surface area (Å²) in [6, 6.07) is 13.6. The summed E-state index contributed by atoms with van der Waals surface area (Å²) in [7, 11) is -3.27. The second-order valence-corrected chi connectivity index (χ2v) is 9.36. The molecule has 0 N–H and O–H groups in total. The molecule has 5 nitrogen and oxygen atoms in total. The molecule has 3 aromatic rings. The SMILES string of the molecule is O=S1(=O)c2ccc(-c3ccncc3)cc2[C@@H]2CN(Cc3ccncc3)C[C@H]21. The summed E-state index contributed by atoms with van der Waals surface area (Å²) in [5.41, 5.74) is 4.22. The molecule has 2 aliphatic rings. The zero-order valence-corrected chi connectivity index (χ0v) is 15.5. The molecule has 27 heavy (non-hydrogen) atoms. The molecule has 136 valence electrons. The lowest BCUT2D eigenvalue weighted by Gasteiger charge is -2.17. The van der Waals surface area contributed by atoms with E-state index in [1.54, 1.807) is 30.9 Å². The van der Waals surface area contributed by atoms with Gasteiger partial charge >= 0.3 is 0 Å². The summed E-state index contributed by atoms with van der Waals surface area (Å²) in [5, 5.41) is -0.345. The largest absolute Gasteiger partial charge is 0.297 e. The molecule has 0 bridgehead atoms. The highest BCUT2D eigenvalue weighted by molar-refractivity contribution is 7.92. The topological polar surface area (TPSA) is 63.2 Å². The second kappa shape index (κ2) is 6.25. The summed E-state index contributed by atoms with van der Waals surface area (Å²) in [6.07, 6.45) is 7.07. The average molecular weight is 377 g/mol. The highest BCUT2D eigenvalue weighted by atomic mass is 32.2. The van der Waals surface area contributed by atoms with Crippen LogP contribution in [0.3, 0.4) is 0 Å². The highest BCUT2D eigenvalue weighted by Crippen LogP contribution is 2.46. The Morgan fingerprint density at radius 2 is 1.59 bits per heavy atom. The predicted octanol–water partition coefficient (Wildman–Crippen LogP) is 2.90. The van der Waals surface area contributed by atoms with Crippen LogP contribution in [-0.4, -0.2) is 41.6 Å². The van der Waals surface area contributed by atoms with Gasteiger partial charge in [-0.1, -0.05) is 6.07 Å². The van der Waals surface area contributed by atoms with Gasteiger partial charge in [0.15, 0.2) is 9.84 Å². The molecule has 2 aromatic heterocycles. The third-order valence-electron chi connectivity index (χ3n) is 5.63. The van der Waals surface area contributed by atoms with E-state index >= 15 is 0 Å². The summed E-state index contributed by atoms with van der Waals surface area (Å²) in [5.74, 6) is 0.0358. The van der Waals surface area contributed by atoms with E-state index < -0.39 is 9.84 Å². The van der Waals surface area contributed by atoms with Crippen LogP contribution < -0.4 is 0 Å². The van der Waals surface area contributed by atoms with Gasteiger partial charge in [-0.2, -0.15) is 0 Å². The molecule has 0 spiro atoms. The fraction of sp³-hybridized carbons (Fsp3) is 0.238. The number of sulfone groups is 1. The predicted molar refractivity (Wildman–Crippen MR) is 103 cm³/mol. The maximum absolute atomic E-state index is 13.1. The van der Waals surface area contributed by atoms with Crippen molar-refractivity contribution in [3.05, 3.63) is 78.4 Å². The average Bonchev–Trinajstić information content (AvgIpc) is 3.21. The number of fused-ring (bicyclic) bond motifs is 3. The van der Waals surface area contributed by atoms with Crippen LogP contribution in [0.5, 0.6) is 0 Å². The van der Waals surface area contributed by atoms with Gasteiger partial charge in [-0.3, -0.25) is 14.9 Å². The number of benzene rings is 1. The molecule has 4 heterocycles. The van der Waals surface area contributed by atoms with Crippen LogP contribution >= 0.6 is 0 Å². The Morgan fingerprint density at radius 3 is 2.33 bits per heavy atom. The van der Waals surface area contributed by atoms with Gasteiger partial charge in [-0.15, -0.1) is 0 Å². The fourth-order valence-electron chi connectivity index (χ4n) is 4.32. The van der Waals surface area contributed by atoms with Crippen molar-refractivity contribution in [3.8, 4) is 11.1 Å². The Labute approximate surface area is 158 Å². The number of likely N-dealkylation sites (tertiary alicyclic amines) is 1. The van der Waals surface area contributed by atoms with E-state index in [9.17, 15) is 8.42 Å². The number of hydrogen-bond donors (Lipinski definition) is 0. The molecular formula is C21H19N3O2S. The van der Waals surface area contributed by atoms with Crippen molar-refractivity contribution < 1.29 is 8.42 Å². The molecule has 0 amide bonds. The van der Waals surface area contributed by atoms with Gasteiger partial charge in [0.1, 0.15) is 0 Å². The van der Waals surface area contributed by atoms with Crippen LogP contribution in [0, 0.1) is 0 Å². The number of aromatic nitrogens is 2. The molecule has 1 fully saturated rings. The Hall–Kier alpha value is -2.57. The standard InChI is InChI=1S/C21H19N3O2S/c25-27(26)20-2-1-17(16-5-9-23-10-6-16)11-18(20)19-13-24(14-21(19)27)12-15-3-7-22-8-4-15/h1-11,19,21H,12-14H2/t19-,21+/m0/s1. The normalized spacial score (nSPS) is 23.1. The van der Waals surface area contributed by atoms with Gasteiger partial charge in [-0.05, 0) is 58.7 Å². The van der Waals surface area contributed by atoms with Gasteiger partial charge < -0.3 is 0 Å². The molecule has 1 aromatic carbocycles. The third kappa shape index (κ3) is 2.76. The van der Waals surface area contributed by atoms with Gasteiger partial charge in [0.05, 0.1) is 10.1 Å². The summed E-state index contributed by atoms with van der Waals surface area (Å²) in [6.45, 7) is 2.10. The van der Waals surface area contributed by atoms with Crippen molar-refractivity contribution in [2.45, 2.75) is 22.6 Å². The molecule has 0 aliphatic carbocycles. The molecule has 1 saturated heterocycles. The first-order valence-corrected chi connectivity index (χ1v) is 10.6. The number of nitrogens with zero attached hydrogens (tertiary/aromatic N) is 3. The van der Waals surface area contributed by atoms with Gasteiger partial charge in [-0.25, -0.2) is 8.42 Å². The quantitative estimate of drug-likeness (QED) is 0.702. The number of pyridine rings is 2. The van der Waals surface area contributed by atoms with Crippen LogP contribution in [-0.2, 0) is 16.4 Å². The van der Waals surface area contributed by atoms with Crippen LogP contribution in [0.2, 0.25) is 0 Å². The molecule has 0 radical (unpaired) electrons. The molecule has 0 saturated carbocycles. The number of hydrogen-bond acceptors (Lipinski definition) is 5. The van der Waals surface area contributed by atoms with Crippen molar-refractivity contribution in [3.63, 3.8) is 0 Å². The maximum atomic E-state index is 13.1. The monoisotopic (exact) mass is 377 g/mol. The minimum Gasteiger partial charge on any atom is -0.297 e. The van der Waals surface area contributed by atoms with Crippen LogP contribution in [0.4, 0.5) is 0 Å². The first kappa shape index (κ1) is 16.6. The van der Waals surface area contributed by atoms with Gasteiger partial charge in [0.2, 0.25) is 0 Å². The molecule has 0 unspecified atom stereocenters. The highest BCUT2D eigenvalue weighted by Gasteiger charge is 2.50. The van der Waals surface area contributed by atoms with Crippen molar-refractivity contribution >= 4 is 9.84 Å². The van der Waals surface area contributed by atoms with E-state index in [1.807, 2.05) is 30.3 Å². The third-order valence-corrected chi connectivity index (χ3v) is 7.88. The van der Waals surface area contributed by atoms with Crippen LogP contribution in [0.1, 0.15) is 17.0 Å². The van der Waals surface area contributed by atoms with Crippen molar-refractivity contribution in [2.75, 3.05) is 13.1 Å². The van der Waals surface area contributed by atoms with E-state index in [-0.39, 0.29) is 11.2 Å². The molecular weight excluding hydrogens is 358 g/mol. The van der Waals surface area contributed by atoms with E-state index in [0.717, 1.165) is 35.3 Å². The Balaban J connectivity index is 1.49. The van der Waals surface area contributed by atoms with Crippen molar-refractivity contribution in [1.82, 2.24) is 14.9 Å². The number of rotatable bonds is 3. The molecule has 2 aliphatic heterocycles. The van der Waals surface area contributed by atoms with Gasteiger partial charge in [0, 0.05) is 50.3 Å². The van der Waals surface area contributed by atoms with E-state index in [1.165, 1.54) is 0 Å². The lowest BCUT2D eigenvalue weighted by molar-refractivity contribution is 0.325. The fourth-order valence-corrected chi connectivity index (χ4v) is 6.52. The summed E-state index contributed by atoms with van der Waals surface area (Å²) >= 11 is 0. The lowest BCUT2D eigenvalue weighted by Crippen LogP contribution is -2.25. The first-order valence-electron chi connectivity index (χ1n) is 9.02. The van der Waals surface area contributed by atoms with Crippen molar-refractivity contribution in [1.29, 1.82) is 0 Å². The van der Waals surface area contributed by atoms with Crippen LogP contribution in [0.15, 0.2) is 72.1 Å². The van der Waals surface area contributed by atoms with E-state index in [4.69, 9.17) is 0 Å². The van der Waals surface area contributed by atoms with Crippen molar-refractivity contribution in [2.24, 2.45) is 0 Å². The first-order chi connectivity index (χ1) is 13.1. The Bertz CT molecular complexity index is 1080. The minimum atomic E-state index is -3.27. The Morgan fingerprint density at radius 1 is 0.889 bits per heavy atom. The second-order valence-electron chi connectivity index (χ2n) is 7.23.